The quantitative estimate of drug-likeness (QED) is 0.528. The number of hydrogen-bond donors (Lipinski definition) is 2. The zero-order chi connectivity index (χ0) is 12.0. The van der Waals surface area contributed by atoms with Gasteiger partial charge in [0.2, 0.25) is 5.91 Å². The van der Waals surface area contributed by atoms with Gasteiger partial charge in [-0.15, -0.1) is 0 Å². The van der Waals surface area contributed by atoms with E-state index in [0.717, 1.165) is 6.08 Å². The van der Waals surface area contributed by atoms with Crippen LogP contribution in [0.4, 0.5) is 0 Å². The lowest BCUT2D eigenvalue weighted by Gasteiger charge is -2.14. The van der Waals surface area contributed by atoms with E-state index in [-0.39, 0.29) is 11.2 Å². The maximum Gasteiger partial charge on any atom is 0.265 e. The Morgan fingerprint density at radius 2 is 1.79 bits per heavy atom. The molecule has 0 atom stereocenters. The van der Waals surface area contributed by atoms with Crippen LogP contribution in [0.1, 0.15) is 20.8 Å². The average molecular weight is 223 g/mol. The second-order valence-electron chi connectivity index (χ2n) is 3.89. The van der Waals surface area contributed by atoms with Gasteiger partial charge >= 0.3 is 0 Å². The smallest absolute Gasteiger partial charge is 0.265 e. The minimum Gasteiger partial charge on any atom is -0.366 e. The van der Waals surface area contributed by atoms with Gasteiger partial charge in [-0.05, 0) is 11.5 Å². The third-order valence-electron chi connectivity index (χ3n) is 0.817. The summed E-state index contributed by atoms with van der Waals surface area (Å²) in [5.41, 5.74) is 4.18. The SMILES string of the molecule is C=CC(N)=O.CC(C)(C)CS(=O)(=O)O. The molecule has 0 aromatic heterocycles. The first-order valence-electron chi connectivity index (χ1n) is 3.85. The summed E-state index contributed by atoms with van der Waals surface area (Å²) in [6.45, 7) is 8.34. The van der Waals surface area contributed by atoms with E-state index in [2.05, 4.69) is 12.3 Å². The number of carbonyl (C=O) groups is 1. The zero-order valence-electron chi connectivity index (χ0n) is 8.65. The molecular formula is C8H17NO4S. The molecule has 0 saturated carbocycles. The van der Waals surface area contributed by atoms with Crippen molar-refractivity contribution >= 4 is 16.0 Å². The molecule has 0 spiro atoms. The Labute approximate surface area is 84.7 Å². The molecule has 0 rings (SSSR count). The van der Waals surface area contributed by atoms with Gasteiger partial charge in [0, 0.05) is 0 Å². The molecule has 0 aliphatic rings. The van der Waals surface area contributed by atoms with Crippen LogP contribution in [0.25, 0.3) is 0 Å². The van der Waals surface area contributed by atoms with E-state index < -0.39 is 16.0 Å². The molecular weight excluding hydrogens is 206 g/mol. The predicted molar refractivity (Wildman–Crippen MR) is 55.3 cm³/mol. The summed E-state index contributed by atoms with van der Waals surface area (Å²) in [5, 5.41) is 0. The first-order valence-corrected chi connectivity index (χ1v) is 5.46. The maximum atomic E-state index is 10.2. The Bertz CT molecular complexity index is 287. The first kappa shape index (κ1) is 15.6. The number of nitrogens with two attached hydrogens (primary N) is 1. The van der Waals surface area contributed by atoms with Crippen LogP contribution in [-0.2, 0) is 14.9 Å². The predicted octanol–water partition coefficient (Wildman–Crippen LogP) is 0.578. The maximum absolute atomic E-state index is 10.2. The van der Waals surface area contributed by atoms with Gasteiger partial charge < -0.3 is 5.73 Å². The van der Waals surface area contributed by atoms with Crippen LogP contribution < -0.4 is 5.73 Å². The number of rotatable bonds is 2. The number of hydrogen-bond acceptors (Lipinski definition) is 3. The van der Waals surface area contributed by atoms with Crippen molar-refractivity contribution < 1.29 is 17.8 Å². The highest BCUT2D eigenvalue weighted by atomic mass is 32.2. The normalized spacial score (nSPS) is 11.1. The summed E-state index contributed by atoms with van der Waals surface area (Å²) >= 11 is 0. The highest BCUT2D eigenvalue weighted by Crippen LogP contribution is 2.14. The molecule has 6 heteroatoms. The van der Waals surface area contributed by atoms with Crippen molar-refractivity contribution in [3.8, 4) is 0 Å². The molecule has 0 fully saturated rings. The van der Waals surface area contributed by atoms with Crippen LogP contribution >= 0.6 is 0 Å². The molecule has 3 N–H and O–H groups in total. The molecule has 14 heavy (non-hydrogen) atoms. The van der Waals surface area contributed by atoms with Gasteiger partial charge in [0.25, 0.3) is 10.1 Å². The van der Waals surface area contributed by atoms with Gasteiger partial charge in [-0.25, -0.2) is 0 Å². The summed E-state index contributed by atoms with van der Waals surface area (Å²) in [4.78, 5) is 9.47. The van der Waals surface area contributed by atoms with Crippen LogP contribution in [0.15, 0.2) is 12.7 Å². The van der Waals surface area contributed by atoms with E-state index in [9.17, 15) is 13.2 Å². The van der Waals surface area contributed by atoms with E-state index in [4.69, 9.17) is 4.55 Å². The van der Waals surface area contributed by atoms with Crippen LogP contribution in [0.2, 0.25) is 0 Å². The largest absolute Gasteiger partial charge is 0.366 e. The van der Waals surface area contributed by atoms with Gasteiger partial charge in [-0.2, -0.15) is 8.42 Å². The van der Waals surface area contributed by atoms with Crippen LogP contribution in [-0.4, -0.2) is 24.6 Å². The third kappa shape index (κ3) is 22.5. The van der Waals surface area contributed by atoms with Crippen molar-refractivity contribution in [2.75, 3.05) is 5.75 Å². The summed E-state index contributed by atoms with van der Waals surface area (Å²) in [5.74, 6) is -0.662. The van der Waals surface area contributed by atoms with Crippen molar-refractivity contribution in [2.45, 2.75) is 20.8 Å². The lowest BCUT2D eigenvalue weighted by molar-refractivity contribution is -0.113. The van der Waals surface area contributed by atoms with Crippen molar-refractivity contribution in [3.63, 3.8) is 0 Å². The Morgan fingerprint density at radius 3 is 1.79 bits per heavy atom. The van der Waals surface area contributed by atoms with E-state index in [1.165, 1.54) is 0 Å². The van der Waals surface area contributed by atoms with Crippen LogP contribution in [0, 0.1) is 5.41 Å². The second kappa shape index (κ2) is 5.77. The molecule has 0 unspecified atom stereocenters. The highest BCUT2D eigenvalue weighted by Gasteiger charge is 2.18. The molecule has 0 aliphatic heterocycles. The second-order valence-corrected chi connectivity index (χ2v) is 5.35. The van der Waals surface area contributed by atoms with Crippen molar-refractivity contribution in [2.24, 2.45) is 11.1 Å². The summed E-state index contributed by atoms with van der Waals surface area (Å²) in [7, 11) is -3.78. The minimum absolute atomic E-state index is 0.181. The Kier molecular flexibility index (Phi) is 6.42. The van der Waals surface area contributed by atoms with E-state index in [0.29, 0.717) is 0 Å². The van der Waals surface area contributed by atoms with Crippen molar-refractivity contribution in [3.05, 3.63) is 12.7 Å². The highest BCUT2D eigenvalue weighted by molar-refractivity contribution is 7.85. The molecule has 0 aliphatic carbocycles. The number of amides is 1. The zero-order valence-corrected chi connectivity index (χ0v) is 9.47. The molecule has 0 saturated heterocycles. The van der Waals surface area contributed by atoms with Crippen LogP contribution in [0.5, 0.6) is 0 Å². The molecule has 0 aromatic rings. The van der Waals surface area contributed by atoms with E-state index in [1.807, 2.05) is 0 Å². The Hall–Kier alpha value is -0.880. The fourth-order valence-electron chi connectivity index (χ4n) is 0.547. The Morgan fingerprint density at radius 1 is 1.50 bits per heavy atom. The summed E-state index contributed by atoms with van der Waals surface area (Å²) in [6.07, 6.45) is 1.06. The fraction of sp³-hybridized carbons (Fsp3) is 0.625. The third-order valence-corrected chi connectivity index (χ3v) is 2.05. The Balaban J connectivity index is 0. The van der Waals surface area contributed by atoms with Crippen molar-refractivity contribution in [1.29, 1.82) is 0 Å². The molecule has 0 heterocycles. The van der Waals surface area contributed by atoms with Gasteiger partial charge in [-0.3, -0.25) is 9.35 Å². The van der Waals surface area contributed by atoms with E-state index >= 15 is 0 Å². The number of carbonyl (C=O) groups excluding carboxylic acids is 1. The topological polar surface area (TPSA) is 97.5 Å². The van der Waals surface area contributed by atoms with Crippen molar-refractivity contribution in [1.82, 2.24) is 0 Å². The lowest BCUT2D eigenvalue weighted by Crippen LogP contribution is -2.19. The van der Waals surface area contributed by atoms with Crippen LogP contribution in [0.3, 0.4) is 0 Å². The first-order chi connectivity index (χ1) is 5.98. The van der Waals surface area contributed by atoms with Gasteiger partial charge in [-0.1, -0.05) is 27.4 Å². The molecule has 0 aromatic carbocycles. The molecule has 1 amide bonds. The lowest BCUT2D eigenvalue weighted by atomic mass is 10.0. The summed E-state index contributed by atoms with van der Waals surface area (Å²) < 4.78 is 28.7. The average Bonchev–Trinajstić information content (AvgIpc) is 1.80. The minimum atomic E-state index is -3.78. The molecule has 0 radical (unpaired) electrons. The molecule has 0 bridgehead atoms. The number of primary amides is 1. The standard InChI is InChI=1S/C5H12O3S.C3H5NO/c1-5(2,3)4-9(6,7)8;1-2-3(4)5/h4H2,1-3H3,(H,6,7,8);2H,1H2,(H2,4,5). The van der Waals surface area contributed by atoms with Gasteiger partial charge in [0.1, 0.15) is 0 Å². The van der Waals surface area contributed by atoms with E-state index in [1.54, 1.807) is 20.8 Å². The molecule has 84 valence electrons. The van der Waals surface area contributed by atoms with Gasteiger partial charge in [0.15, 0.2) is 0 Å². The van der Waals surface area contributed by atoms with Gasteiger partial charge in [0.05, 0.1) is 5.75 Å². The fourth-order valence-corrected chi connectivity index (χ4v) is 1.64. The monoisotopic (exact) mass is 223 g/mol. The summed E-state index contributed by atoms with van der Waals surface area (Å²) in [6, 6.07) is 0. The molecule has 5 nitrogen and oxygen atoms in total.